The van der Waals surface area contributed by atoms with Crippen LogP contribution in [0.3, 0.4) is 0 Å². The van der Waals surface area contributed by atoms with Crippen LogP contribution < -0.4 is 0 Å². The van der Waals surface area contributed by atoms with Crippen LogP contribution in [-0.4, -0.2) is 53.5 Å². The second-order valence-corrected chi connectivity index (χ2v) is 11.6. The fourth-order valence-electron chi connectivity index (χ4n) is 7.25. The molecular formula is C28H36O8. The van der Waals surface area contributed by atoms with Crippen LogP contribution in [0.1, 0.15) is 72.5 Å². The third-order valence-corrected chi connectivity index (χ3v) is 9.09. The average molecular weight is 501 g/mol. The number of carbonyl (C=O) groups excluding carboxylic acids is 3. The Labute approximate surface area is 211 Å². The third kappa shape index (κ3) is 3.84. The minimum atomic E-state index is -0.937. The molecule has 2 aliphatic carbocycles. The summed E-state index contributed by atoms with van der Waals surface area (Å²) < 4.78 is 30.4. The van der Waals surface area contributed by atoms with Gasteiger partial charge in [0.25, 0.3) is 0 Å². The number of fused-ring (bicyclic) bond motifs is 1. The van der Waals surface area contributed by atoms with Crippen molar-refractivity contribution >= 4 is 17.9 Å². The van der Waals surface area contributed by atoms with Gasteiger partial charge in [0.15, 0.2) is 12.2 Å². The smallest absolute Gasteiger partial charge is 0.338 e. The Morgan fingerprint density at radius 3 is 2.25 bits per heavy atom. The molecule has 1 aromatic carbocycles. The van der Waals surface area contributed by atoms with Crippen LogP contribution in [0, 0.1) is 17.3 Å². The van der Waals surface area contributed by atoms with E-state index < -0.39 is 58.9 Å². The molecule has 2 bridgehead atoms. The van der Waals surface area contributed by atoms with Gasteiger partial charge in [0, 0.05) is 13.8 Å². The van der Waals surface area contributed by atoms with Gasteiger partial charge in [-0.25, -0.2) is 4.79 Å². The van der Waals surface area contributed by atoms with Crippen molar-refractivity contribution < 1.29 is 38.1 Å². The Bertz CT molecular complexity index is 1050. The molecule has 1 spiro atoms. The van der Waals surface area contributed by atoms with Gasteiger partial charge in [0.05, 0.1) is 16.6 Å². The molecule has 4 aliphatic rings. The first kappa shape index (κ1) is 25.2. The highest BCUT2D eigenvalue weighted by molar-refractivity contribution is 5.78. The van der Waals surface area contributed by atoms with Crippen molar-refractivity contribution in [2.45, 2.75) is 103 Å². The van der Waals surface area contributed by atoms with Crippen LogP contribution in [0.25, 0.3) is 0 Å². The van der Waals surface area contributed by atoms with Gasteiger partial charge in [-0.15, -0.1) is 0 Å². The van der Waals surface area contributed by atoms with E-state index in [1.807, 2.05) is 37.3 Å². The van der Waals surface area contributed by atoms with Gasteiger partial charge in [-0.05, 0) is 57.4 Å². The van der Waals surface area contributed by atoms with Crippen molar-refractivity contribution in [3.8, 4) is 0 Å². The quantitative estimate of drug-likeness (QED) is 0.341. The molecule has 1 aromatic rings. The summed E-state index contributed by atoms with van der Waals surface area (Å²) >= 11 is 0. The zero-order chi connectivity index (χ0) is 26.0. The first-order valence-corrected chi connectivity index (χ1v) is 12.8. The largest absolute Gasteiger partial charge is 0.460 e. The van der Waals surface area contributed by atoms with E-state index in [1.54, 1.807) is 0 Å². The lowest BCUT2D eigenvalue weighted by molar-refractivity contribution is -0.285. The van der Waals surface area contributed by atoms with Gasteiger partial charge in [0.2, 0.25) is 0 Å². The second-order valence-electron chi connectivity index (χ2n) is 11.6. The third-order valence-electron chi connectivity index (χ3n) is 9.09. The van der Waals surface area contributed by atoms with Gasteiger partial charge in [-0.1, -0.05) is 37.3 Å². The van der Waals surface area contributed by atoms with Gasteiger partial charge in [-0.2, -0.15) is 0 Å². The molecule has 9 atom stereocenters. The van der Waals surface area contributed by atoms with Gasteiger partial charge in [0.1, 0.15) is 18.3 Å². The van der Waals surface area contributed by atoms with Crippen molar-refractivity contribution in [1.29, 1.82) is 0 Å². The molecule has 4 fully saturated rings. The number of rotatable bonds is 5. The number of hydrogen-bond donors (Lipinski definition) is 0. The highest BCUT2D eigenvalue weighted by Crippen LogP contribution is 2.67. The topological polar surface area (TPSA) is 101 Å². The normalized spacial score (nSPS) is 42.1. The van der Waals surface area contributed by atoms with Crippen LogP contribution in [-0.2, 0) is 38.1 Å². The molecule has 36 heavy (non-hydrogen) atoms. The van der Waals surface area contributed by atoms with Crippen LogP contribution in [0.5, 0.6) is 0 Å². The SMILES string of the molecule is CC(=O)O[C@H]1C[C@@H](C)[C@@]23C[C@@H](C[C@H](OC(=O)[C@H]4O[C@@H]4c4ccccc4)[C@]2(C)[C@H]1OC(C)=O)C(C)(C)O3. The van der Waals surface area contributed by atoms with Gasteiger partial charge < -0.3 is 23.7 Å². The number of carbonyl (C=O) groups is 3. The molecule has 196 valence electrons. The van der Waals surface area contributed by atoms with Crippen molar-refractivity contribution in [2.24, 2.45) is 17.3 Å². The molecule has 8 nitrogen and oxygen atoms in total. The summed E-state index contributed by atoms with van der Waals surface area (Å²) in [5, 5.41) is 0. The predicted octanol–water partition coefficient (Wildman–Crippen LogP) is 3.91. The lowest BCUT2D eigenvalue weighted by atomic mass is 9.49. The number of benzene rings is 1. The summed E-state index contributed by atoms with van der Waals surface area (Å²) in [7, 11) is 0. The Balaban J connectivity index is 1.50. The molecule has 2 aliphatic heterocycles. The zero-order valence-electron chi connectivity index (χ0n) is 21.8. The Morgan fingerprint density at radius 1 is 0.944 bits per heavy atom. The minimum absolute atomic E-state index is 0.0290. The number of epoxide rings is 1. The lowest BCUT2D eigenvalue weighted by Crippen LogP contribution is -2.71. The highest BCUT2D eigenvalue weighted by atomic mass is 16.6. The molecule has 8 heteroatoms. The Morgan fingerprint density at radius 2 is 1.61 bits per heavy atom. The first-order chi connectivity index (χ1) is 16.9. The second kappa shape index (κ2) is 8.55. The molecule has 2 heterocycles. The van der Waals surface area contributed by atoms with Crippen LogP contribution in [0.2, 0.25) is 0 Å². The summed E-state index contributed by atoms with van der Waals surface area (Å²) in [4.78, 5) is 37.6. The summed E-state index contributed by atoms with van der Waals surface area (Å²) in [6.07, 6.45) is -1.34. The zero-order valence-corrected chi connectivity index (χ0v) is 21.8. The molecule has 0 N–H and O–H groups in total. The number of ether oxygens (including phenoxy) is 5. The van der Waals surface area contributed by atoms with E-state index >= 15 is 0 Å². The molecule has 2 saturated heterocycles. The first-order valence-electron chi connectivity index (χ1n) is 12.8. The van der Waals surface area contributed by atoms with E-state index in [9.17, 15) is 14.4 Å². The fourth-order valence-corrected chi connectivity index (χ4v) is 7.25. The van der Waals surface area contributed by atoms with E-state index in [-0.39, 0.29) is 17.9 Å². The maximum Gasteiger partial charge on any atom is 0.338 e. The van der Waals surface area contributed by atoms with Crippen LogP contribution >= 0.6 is 0 Å². The fraction of sp³-hybridized carbons (Fsp3) is 0.679. The van der Waals surface area contributed by atoms with E-state index in [0.717, 1.165) is 12.0 Å². The Kier molecular flexibility index (Phi) is 5.99. The van der Waals surface area contributed by atoms with E-state index in [1.165, 1.54) is 13.8 Å². The van der Waals surface area contributed by atoms with E-state index in [2.05, 4.69) is 20.8 Å². The molecule has 5 rings (SSSR count). The molecule has 0 aromatic heterocycles. The van der Waals surface area contributed by atoms with Crippen molar-refractivity contribution in [2.75, 3.05) is 0 Å². The summed E-state index contributed by atoms with van der Waals surface area (Å²) in [6, 6.07) is 9.58. The molecule has 0 unspecified atom stereocenters. The maximum atomic E-state index is 13.4. The molecule has 0 amide bonds. The molecule has 2 saturated carbocycles. The van der Waals surface area contributed by atoms with Crippen molar-refractivity contribution in [3.63, 3.8) is 0 Å². The molecule has 0 radical (unpaired) electrons. The van der Waals surface area contributed by atoms with Gasteiger partial charge >= 0.3 is 17.9 Å². The number of hydrogen-bond acceptors (Lipinski definition) is 8. The van der Waals surface area contributed by atoms with E-state index in [0.29, 0.717) is 12.8 Å². The van der Waals surface area contributed by atoms with Gasteiger partial charge in [-0.3, -0.25) is 9.59 Å². The molecular weight excluding hydrogens is 464 g/mol. The average Bonchev–Trinajstić information content (AvgIpc) is 3.55. The standard InChI is InChI=1S/C28H36O8/c1-15-12-20(32-16(2)29)24(33-17(3)30)27(6)21(13-19-14-28(15,27)36-26(19,4)5)34-25(31)23-22(35-23)18-10-8-7-9-11-18/h7-11,15,19-24H,12-14H2,1-6H3/t15-,19-,20+,21+,22-,23+,24+,27-,28+/m1/s1. The predicted molar refractivity (Wildman–Crippen MR) is 128 cm³/mol. The number of esters is 3. The monoisotopic (exact) mass is 500 g/mol. The lowest BCUT2D eigenvalue weighted by Gasteiger charge is -2.61. The summed E-state index contributed by atoms with van der Waals surface area (Å²) in [5.41, 5.74) is -1.18. The highest BCUT2D eigenvalue weighted by Gasteiger charge is 2.75. The minimum Gasteiger partial charge on any atom is -0.460 e. The summed E-state index contributed by atoms with van der Waals surface area (Å²) in [5.74, 6) is -1.25. The van der Waals surface area contributed by atoms with Crippen molar-refractivity contribution in [3.05, 3.63) is 35.9 Å². The summed E-state index contributed by atoms with van der Waals surface area (Å²) in [6.45, 7) is 10.9. The van der Waals surface area contributed by atoms with Crippen LogP contribution in [0.4, 0.5) is 0 Å². The maximum absolute atomic E-state index is 13.4. The van der Waals surface area contributed by atoms with Crippen molar-refractivity contribution in [1.82, 2.24) is 0 Å². The van der Waals surface area contributed by atoms with E-state index in [4.69, 9.17) is 23.7 Å². The Hall–Kier alpha value is -2.45. The van der Waals surface area contributed by atoms with Crippen LogP contribution in [0.15, 0.2) is 30.3 Å².